The van der Waals surface area contributed by atoms with Crippen molar-refractivity contribution in [2.24, 2.45) is 0 Å². The summed E-state index contributed by atoms with van der Waals surface area (Å²) in [4.78, 5) is 23.5. The predicted molar refractivity (Wildman–Crippen MR) is 70.5 cm³/mol. The van der Waals surface area contributed by atoms with Crippen LogP contribution in [0.1, 0.15) is 24.8 Å². The fourth-order valence-corrected chi connectivity index (χ4v) is 2.71. The molecule has 1 saturated heterocycles. The lowest BCUT2D eigenvalue weighted by molar-refractivity contribution is -0.384. The van der Waals surface area contributed by atoms with Gasteiger partial charge in [-0.1, -0.05) is 12.1 Å². The van der Waals surface area contributed by atoms with Crippen LogP contribution < -0.4 is 4.90 Å². The highest BCUT2D eigenvalue weighted by molar-refractivity contribution is 5.72. The van der Waals surface area contributed by atoms with Gasteiger partial charge in [-0.2, -0.15) is 0 Å². The Labute approximate surface area is 110 Å². The molecule has 6 heteroatoms. The largest absolute Gasteiger partial charge is 0.481 e. The van der Waals surface area contributed by atoms with Gasteiger partial charge in [0, 0.05) is 18.7 Å². The van der Waals surface area contributed by atoms with Crippen molar-refractivity contribution in [3.05, 3.63) is 33.9 Å². The number of para-hydroxylation sites is 1. The maximum absolute atomic E-state index is 11.1. The zero-order valence-corrected chi connectivity index (χ0v) is 10.7. The van der Waals surface area contributed by atoms with E-state index in [0.29, 0.717) is 12.2 Å². The molecular formula is C13H16N2O4. The zero-order chi connectivity index (χ0) is 14.0. The van der Waals surface area contributed by atoms with Crippen LogP contribution in [0.2, 0.25) is 0 Å². The summed E-state index contributed by atoms with van der Waals surface area (Å²) in [5, 5.41) is 20.0. The molecule has 1 unspecified atom stereocenters. The van der Waals surface area contributed by atoms with Crippen molar-refractivity contribution < 1.29 is 14.8 Å². The minimum Gasteiger partial charge on any atom is -0.481 e. The van der Waals surface area contributed by atoms with Crippen molar-refractivity contribution >= 4 is 17.3 Å². The lowest BCUT2D eigenvalue weighted by Gasteiger charge is -2.26. The molecule has 1 N–H and O–H groups in total. The van der Waals surface area contributed by atoms with Crippen LogP contribution in [0.3, 0.4) is 0 Å². The molecule has 0 bridgehead atoms. The number of carboxylic acids is 1. The first-order chi connectivity index (χ1) is 9.00. The van der Waals surface area contributed by atoms with Crippen molar-refractivity contribution in [2.45, 2.75) is 32.2 Å². The molecule has 6 nitrogen and oxygen atoms in total. The van der Waals surface area contributed by atoms with E-state index in [1.54, 1.807) is 6.07 Å². The molecule has 2 rings (SSSR count). The number of nitrogens with zero attached hydrogens (tertiary/aromatic N) is 2. The van der Waals surface area contributed by atoms with Gasteiger partial charge in [0.05, 0.1) is 11.3 Å². The quantitative estimate of drug-likeness (QED) is 0.666. The van der Waals surface area contributed by atoms with Crippen LogP contribution in [-0.4, -0.2) is 28.6 Å². The first-order valence-corrected chi connectivity index (χ1v) is 6.23. The standard InChI is InChI=1S/C13H16N2O4/c1-9-4-2-6-11(15(18)19)13(9)14-7-3-5-10(14)8-12(16)17/h2,4,6,10H,3,5,7-8H2,1H3,(H,16,17). The minimum absolute atomic E-state index is 0.0193. The molecule has 0 spiro atoms. The van der Waals surface area contributed by atoms with Gasteiger partial charge in [-0.25, -0.2) is 0 Å². The summed E-state index contributed by atoms with van der Waals surface area (Å²) in [6.07, 6.45) is 1.65. The fraction of sp³-hybridized carbons (Fsp3) is 0.462. The zero-order valence-electron chi connectivity index (χ0n) is 10.7. The number of benzene rings is 1. The second-order valence-corrected chi connectivity index (χ2v) is 4.79. The number of aliphatic carboxylic acids is 1. The van der Waals surface area contributed by atoms with Crippen molar-refractivity contribution in [1.29, 1.82) is 0 Å². The lowest BCUT2D eigenvalue weighted by atomic mass is 10.1. The summed E-state index contributed by atoms with van der Waals surface area (Å²) in [6.45, 7) is 2.49. The first kappa shape index (κ1) is 13.3. The van der Waals surface area contributed by atoms with E-state index >= 15 is 0 Å². The number of anilines is 1. The number of rotatable bonds is 4. The van der Waals surface area contributed by atoms with Gasteiger partial charge in [-0.05, 0) is 25.3 Å². The second kappa shape index (κ2) is 5.26. The molecule has 0 radical (unpaired) electrons. The highest BCUT2D eigenvalue weighted by atomic mass is 16.6. The molecule has 1 heterocycles. The van der Waals surface area contributed by atoms with Gasteiger partial charge in [0.2, 0.25) is 0 Å². The Morgan fingerprint density at radius 3 is 2.95 bits per heavy atom. The Hall–Kier alpha value is -2.11. The molecule has 0 aliphatic carbocycles. The van der Waals surface area contributed by atoms with E-state index in [-0.39, 0.29) is 18.2 Å². The molecule has 1 aromatic rings. The van der Waals surface area contributed by atoms with E-state index in [2.05, 4.69) is 0 Å². The highest BCUT2D eigenvalue weighted by Crippen LogP contribution is 2.37. The van der Waals surface area contributed by atoms with Crippen molar-refractivity contribution in [1.82, 2.24) is 0 Å². The lowest BCUT2D eigenvalue weighted by Crippen LogP contribution is -2.32. The van der Waals surface area contributed by atoms with Crippen LogP contribution in [0.5, 0.6) is 0 Å². The SMILES string of the molecule is Cc1cccc([N+](=O)[O-])c1N1CCCC1CC(=O)O. The van der Waals surface area contributed by atoms with E-state index in [9.17, 15) is 14.9 Å². The van der Waals surface area contributed by atoms with E-state index in [1.807, 2.05) is 17.9 Å². The summed E-state index contributed by atoms with van der Waals surface area (Å²) < 4.78 is 0. The Kier molecular flexibility index (Phi) is 3.69. The van der Waals surface area contributed by atoms with Crippen LogP contribution in [0.4, 0.5) is 11.4 Å². The van der Waals surface area contributed by atoms with Crippen LogP contribution >= 0.6 is 0 Å². The highest BCUT2D eigenvalue weighted by Gasteiger charge is 2.32. The number of nitro benzene ring substituents is 1. The summed E-state index contributed by atoms with van der Waals surface area (Å²) in [5.74, 6) is -0.867. The molecule has 1 aliphatic heterocycles. The molecule has 0 amide bonds. The number of hydrogen-bond donors (Lipinski definition) is 1. The third-order valence-corrected chi connectivity index (χ3v) is 3.49. The second-order valence-electron chi connectivity index (χ2n) is 4.79. The van der Waals surface area contributed by atoms with Crippen LogP contribution in [0, 0.1) is 17.0 Å². The number of hydrogen-bond acceptors (Lipinski definition) is 4. The first-order valence-electron chi connectivity index (χ1n) is 6.23. The predicted octanol–water partition coefficient (Wildman–Crippen LogP) is 2.35. The van der Waals surface area contributed by atoms with Gasteiger partial charge in [-0.3, -0.25) is 14.9 Å². The van der Waals surface area contributed by atoms with Crippen LogP contribution in [0.15, 0.2) is 18.2 Å². The number of carbonyl (C=O) groups is 1. The van der Waals surface area contributed by atoms with E-state index < -0.39 is 10.9 Å². The van der Waals surface area contributed by atoms with Gasteiger partial charge in [0.1, 0.15) is 5.69 Å². The van der Waals surface area contributed by atoms with Gasteiger partial charge >= 0.3 is 5.97 Å². The van der Waals surface area contributed by atoms with Gasteiger partial charge in [0.25, 0.3) is 5.69 Å². The molecule has 102 valence electrons. The average molecular weight is 264 g/mol. The Morgan fingerprint density at radius 1 is 1.58 bits per heavy atom. The molecule has 1 aliphatic rings. The van der Waals surface area contributed by atoms with Crippen LogP contribution in [-0.2, 0) is 4.79 Å². The molecule has 0 aromatic heterocycles. The van der Waals surface area contributed by atoms with E-state index in [1.165, 1.54) is 6.07 Å². The van der Waals surface area contributed by atoms with Gasteiger partial charge in [0.15, 0.2) is 0 Å². The molecule has 1 fully saturated rings. The van der Waals surface area contributed by atoms with E-state index in [4.69, 9.17) is 5.11 Å². The van der Waals surface area contributed by atoms with Gasteiger partial charge < -0.3 is 10.0 Å². The average Bonchev–Trinajstić information content (AvgIpc) is 2.75. The minimum atomic E-state index is -0.867. The maximum atomic E-state index is 11.1. The third-order valence-electron chi connectivity index (χ3n) is 3.49. The van der Waals surface area contributed by atoms with Crippen molar-refractivity contribution in [3.8, 4) is 0 Å². The summed E-state index contributed by atoms with van der Waals surface area (Å²) in [6, 6.07) is 4.79. The molecule has 1 aromatic carbocycles. The summed E-state index contributed by atoms with van der Waals surface area (Å²) >= 11 is 0. The summed E-state index contributed by atoms with van der Waals surface area (Å²) in [5.41, 5.74) is 1.43. The Bertz CT molecular complexity index is 515. The van der Waals surface area contributed by atoms with Crippen LogP contribution in [0.25, 0.3) is 0 Å². The molecule has 19 heavy (non-hydrogen) atoms. The van der Waals surface area contributed by atoms with Gasteiger partial charge in [-0.15, -0.1) is 0 Å². The smallest absolute Gasteiger partial charge is 0.305 e. The molecular weight excluding hydrogens is 248 g/mol. The maximum Gasteiger partial charge on any atom is 0.305 e. The normalized spacial score (nSPS) is 18.6. The number of aryl methyl sites for hydroxylation is 1. The Morgan fingerprint density at radius 2 is 2.32 bits per heavy atom. The fourth-order valence-electron chi connectivity index (χ4n) is 2.71. The van der Waals surface area contributed by atoms with Crippen molar-refractivity contribution in [2.75, 3.05) is 11.4 Å². The third kappa shape index (κ3) is 2.67. The van der Waals surface area contributed by atoms with Crippen molar-refractivity contribution in [3.63, 3.8) is 0 Å². The monoisotopic (exact) mass is 264 g/mol. The number of carboxylic acid groups (broad SMARTS) is 1. The Balaban J connectivity index is 2.40. The molecule has 1 atom stereocenters. The number of nitro groups is 1. The molecule has 0 saturated carbocycles. The van der Waals surface area contributed by atoms with E-state index in [0.717, 1.165) is 18.4 Å². The topological polar surface area (TPSA) is 83.7 Å². The summed E-state index contributed by atoms with van der Waals surface area (Å²) in [7, 11) is 0.